The molecule has 0 atom stereocenters. The molecule has 1 aliphatic rings. The van der Waals surface area contributed by atoms with Crippen LogP contribution < -0.4 is 10.6 Å². The number of aliphatic imine (C=N–C) groups is 1. The molecule has 0 aliphatic carbocycles. The zero-order valence-electron chi connectivity index (χ0n) is 36.4. The number of rotatable bonds is 8. The number of hydrogen-bond acceptors (Lipinski definition) is 8. The predicted octanol–water partition coefficient (Wildman–Crippen LogP) is 11.4. The lowest BCUT2D eigenvalue weighted by atomic mass is 9.77. The van der Waals surface area contributed by atoms with Crippen LogP contribution in [0.25, 0.3) is 38.8 Å². The first-order valence-corrected chi connectivity index (χ1v) is 20.6. The molecule has 0 radical (unpaired) electrons. The molecule has 5 aromatic heterocycles. The van der Waals surface area contributed by atoms with Crippen LogP contribution in [0.3, 0.4) is 0 Å². The Labute approximate surface area is 377 Å². The van der Waals surface area contributed by atoms with Crippen molar-refractivity contribution in [3.8, 4) is 11.1 Å². The van der Waals surface area contributed by atoms with E-state index in [0.29, 0.717) is 23.6 Å². The fourth-order valence-electron chi connectivity index (χ4n) is 7.58. The van der Waals surface area contributed by atoms with E-state index in [4.69, 9.17) is 14.6 Å². The molecular formula is C50H50ClN9O4. The number of aromatic amines is 2. The molecule has 14 heteroatoms. The minimum Gasteiger partial charge on any atom is -0.444 e. The summed E-state index contributed by atoms with van der Waals surface area (Å²) < 4.78 is 12.7. The monoisotopic (exact) mass is 875 g/mol. The fraction of sp³-hybridized carbons (Fsp3) is 0.200. The number of halogens is 1. The maximum absolute atomic E-state index is 12.4. The summed E-state index contributed by atoms with van der Waals surface area (Å²) in [6.07, 6.45) is 13.9. The van der Waals surface area contributed by atoms with Crippen LogP contribution in [0.15, 0.2) is 151 Å². The lowest BCUT2D eigenvalue weighted by molar-refractivity contribution is 0.0624. The zero-order chi connectivity index (χ0) is 44.2. The SMILES string of the molecule is CC(C)(C)OC(=O)Nc1cnc2[nH]cc(-c3cnn(C(c4ccccc4)(c4ccccc4)c4ccccc4)c3)c2c1.CC(C)(C)OC(=O)Nc1cnc2[nH]cc(C3=CCN=C3)c2c1.Cl. The maximum atomic E-state index is 12.4. The lowest BCUT2D eigenvalue weighted by Crippen LogP contribution is -2.38. The molecular weight excluding hydrogens is 826 g/mol. The first kappa shape index (κ1) is 44.5. The quantitative estimate of drug-likeness (QED) is 0.110. The molecule has 0 saturated heterocycles. The van der Waals surface area contributed by atoms with Crippen LogP contribution in [0, 0.1) is 0 Å². The van der Waals surface area contributed by atoms with Crippen molar-refractivity contribution in [2.45, 2.75) is 58.3 Å². The van der Waals surface area contributed by atoms with E-state index >= 15 is 0 Å². The van der Waals surface area contributed by atoms with E-state index < -0.39 is 28.9 Å². The van der Waals surface area contributed by atoms with Crippen LogP contribution in [-0.2, 0) is 15.0 Å². The molecule has 6 heterocycles. The molecule has 0 saturated carbocycles. The molecule has 0 fully saturated rings. The highest BCUT2D eigenvalue weighted by atomic mass is 35.5. The fourth-order valence-corrected chi connectivity index (χ4v) is 7.58. The second kappa shape index (κ2) is 18.5. The van der Waals surface area contributed by atoms with E-state index in [2.05, 4.69) is 121 Å². The largest absolute Gasteiger partial charge is 0.444 e. The summed E-state index contributed by atoms with van der Waals surface area (Å²) in [5.74, 6) is 0. The number of aromatic nitrogens is 6. The van der Waals surface area contributed by atoms with Gasteiger partial charge in [0, 0.05) is 52.3 Å². The van der Waals surface area contributed by atoms with Crippen LogP contribution in [0.2, 0.25) is 0 Å². The number of fused-ring (bicyclic) bond motifs is 2. The van der Waals surface area contributed by atoms with Crippen LogP contribution in [0.1, 0.15) is 63.8 Å². The lowest BCUT2D eigenvalue weighted by Gasteiger charge is -2.36. The van der Waals surface area contributed by atoms with Crippen LogP contribution in [0.5, 0.6) is 0 Å². The Kier molecular flexibility index (Phi) is 12.8. The van der Waals surface area contributed by atoms with Crippen molar-refractivity contribution >= 4 is 69.8 Å². The number of carbonyl (C=O) groups excluding carboxylic acids is 2. The van der Waals surface area contributed by atoms with Crippen LogP contribution in [-0.4, -0.2) is 65.9 Å². The molecule has 1 aliphatic heterocycles. The van der Waals surface area contributed by atoms with Gasteiger partial charge in [-0.1, -0.05) is 97.1 Å². The summed E-state index contributed by atoms with van der Waals surface area (Å²) in [5, 5.41) is 12.3. The minimum absolute atomic E-state index is 0. The second-order valence-corrected chi connectivity index (χ2v) is 17.0. The summed E-state index contributed by atoms with van der Waals surface area (Å²) in [4.78, 5) is 43.7. The summed E-state index contributed by atoms with van der Waals surface area (Å²) in [7, 11) is 0. The van der Waals surface area contributed by atoms with Gasteiger partial charge in [0.25, 0.3) is 0 Å². The number of carbonyl (C=O) groups is 2. The van der Waals surface area contributed by atoms with Gasteiger partial charge in [-0.05, 0) is 75.9 Å². The van der Waals surface area contributed by atoms with E-state index in [-0.39, 0.29) is 12.4 Å². The van der Waals surface area contributed by atoms with Crippen LogP contribution in [0.4, 0.5) is 21.0 Å². The van der Waals surface area contributed by atoms with Gasteiger partial charge >= 0.3 is 12.2 Å². The van der Waals surface area contributed by atoms with E-state index in [9.17, 15) is 9.59 Å². The number of benzene rings is 3. The van der Waals surface area contributed by atoms with Gasteiger partial charge < -0.3 is 19.4 Å². The molecule has 8 aromatic rings. The Morgan fingerprint density at radius 2 is 1.09 bits per heavy atom. The molecule has 13 nitrogen and oxygen atoms in total. The third-order valence-corrected chi connectivity index (χ3v) is 10.1. The molecule has 0 unspecified atom stereocenters. The highest BCUT2D eigenvalue weighted by Crippen LogP contribution is 2.41. The summed E-state index contributed by atoms with van der Waals surface area (Å²) in [5.41, 5.74) is 7.98. The standard InChI is InChI=1S/C34H31N5O2.C16H18N4O2.ClH/c1-33(2,3)41-32(40)38-28-19-29-30(22-36-31(29)35-21-28)24-20-37-39(23-24)34(25-13-7-4-8-14-25,26-15-9-5-10-16-26)27-17-11-6-12-18-27;1-16(2,3)22-15(21)20-11-6-12-13(10-4-5-17-7-10)9-19-14(12)18-8-11;/h4-23H,1-3H3,(H,35,36)(H,38,40);4,6-9H,5H2,1-3H3,(H,18,19)(H,20,21);1H. The Bertz CT molecular complexity index is 2850. The van der Waals surface area contributed by atoms with E-state index in [1.807, 2.05) is 101 Å². The van der Waals surface area contributed by atoms with Gasteiger partial charge in [-0.3, -0.25) is 20.3 Å². The Hall–Kier alpha value is -7.51. The van der Waals surface area contributed by atoms with Gasteiger partial charge in [0.2, 0.25) is 0 Å². The number of H-pyrrole nitrogens is 2. The molecule has 4 N–H and O–H groups in total. The predicted molar refractivity (Wildman–Crippen MR) is 256 cm³/mol. The number of nitrogens with zero attached hydrogens (tertiary/aromatic N) is 5. The highest BCUT2D eigenvalue weighted by Gasteiger charge is 2.39. The van der Waals surface area contributed by atoms with Gasteiger partial charge in [0.15, 0.2) is 0 Å². The van der Waals surface area contributed by atoms with Crippen molar-refractivity contribution in [2.24, 2.45) is 4.99 Å². The van der Waals surface area contributed by atoms with Crippen molar-refractivity contribution in [1.29, 1.82) is 0 Å². The minimum atomic E-state index is -0.712. The first-order valence-electron chi connectivity index (χ1n) is 20.6. The number of nitrogens with one attached hydrogen (secondary N) is 4. The van der Waals surface area contributed by atoms with Gasteiger partial charge in [0.1, 0.15) is 28.0 Å². The third kappa shape index (κ3) is 9.74. The van der Waals surface area contributed by atoms with Crippen LogP contribution >= 0.6 is 12.4 Å². The molecule has 2 amide bonds. The zero-order valence-corrected chi connectivity index (χ0v) is 37.2. The van der Waals surface area contributed by atoms with Crippen molar-refractivity contribution < 1.29 is 19.1 Å². The normalized spacial score (nSPS) is 12.5. The Morgan fingerprint density at radius 3 is 1.53 bits per heavy atom. The third-order valence-electron chi connectivity index (χ3n) is 10.1. The van der Waals surface area contributed by atoms with Gasteiger partial charge in [-0.15, -0.1) is 12.4 Å². The molecule has 0 spiro atoms. The Balaban J connectivity index is 0.000000225. The molecule has 64 heavy (non-hydrogen) atoms. The summed E-state index contributed by atoms with van der Waals surface area (Å²) in [6.45, 7) is 11.7. The highest BCUT2D eigenvalue weighted by molar-refractivity contribution is 6.16. The van der Waals surface area contributed by atoms with Gasteiger partial charge in [-0.2, -0.15) is 5.10 Å². The Morgan fingerprint density at radius 1 is 0.641 bits per heavy atom. The van der Waals surface area contributed by atoms with Crippen molar-refractivity contribution in [3.05, 3.63) is 169 Å². The average molecular weight is 876 g/mol. The van der Waals surface area contributed by atoms with Gasteiger partial charge in [0.05, 0.1) is 36.5 Å². The molecule has 0 bridgehead atoms. The topological polar surface area (TPSA) is 164 Å². The molecule has 3 aromatic carbocycles. The number of ether oxygens (including phenoxy) is 2. The number of allylic oxidation sites excluding steroid dienone is 1. The number of hydrogen-bond donors (Lipinski definition) is 4. The number of anilines is 2. The summed E-state index contributed by atoms with van der Waals surface area (Å²) in [6, 6.07) is 35.1. The summed E-state index contributed by atoms with van der Waals surface area (Å²) >= 11 is 0. The number of pyridine rings is 2. The van der Waals surface area contributed by atoms with E-state index in [1.54, 1.807) is 12.4 Å². The van der Waals surface area contributed by atoms with E-state index in [1.165, 1.54) is 0 Å². The van der Waals surface area contributed by atoms with E-state index in [0.717, 1.165) is 55.4 Å². The molecule has 9 rings (SSSR count). The second-order valence-electron chi connectivity index (χ2n) is 17.0. The smallest absolute Gasteiger partial charge is 0.412 e. The maximum Gasteiger partial charge on any atom is 0.412 e. The van der Waals surface area contributed by atoms with Crippen molar-refractivity contribution in [3.63, 3.8) is 0 Å². The van der Waals surface area contributed by atoms with Crippen molar-refractivity contribution in [1.82, 2.24) is 29.7 Å². The van der Waals surface area contributed by atoms with Gasteiger partial charge in [-0.25, -0.2) is 19.6 Å². The molecule has 326 valence electrons. The first-order chi connectivity index (χ1) is 30.3. The number of amides is 2. The average Bonchev–Trinajstić information content (AvgIpc) is 4.09. The van der Waals surface area contributed by atoms with Crippen molar-refractivity contribution in [2.75, 3.05) is 17.2 Å².